The summed E-state index contributed by atoms with van der Waals surface area (Å²) in [5.41, 5.74) is -2.58. The first-order valence-electron chi connectivity index (χ1n) is 9.26. The van der Waals surface area contributed by atoms with Gasteiger partial charge < -0.3 is 9.47 Å². The number of methoxy groups -OCH3 is 1. The normalized spacial score (nSPS) is 20.7. The number of alkyl halides is 3. The van der Waals surface area contributed by atoms with Gasteiger partial charge in [0.25, 0.3) is 5.60 Å². The smallest absolute Gasteiger partial charge is 0.445 e. The standard InChI is InChI=1S/C22H17ClF3NO3/c1-29-17-7-4-15(5-8-17)13-27-19-9-6-16(23)12-18(19)21(22(24,25)26,30-20(27)28)11-10-14-2-3-14/h4-9,12,14H,2-3,13H2,1H3/t21-/m0/s1. The van der Waals surface area contributed by atoms with E-state index in [-0.39, 0.29) is 28.7 Å². The third-order valence-corrected chi connectivity index (χ3v) is 5.25. The summed E-state index contributed by atoms with van der Waals surface area (Å²) in [6.45, 7) is 0.0153. The van der Waals surface area contributed by atoms with E-state index in [4.69, 9.17) is 21.1 Å². The van der Waals surface area contributed by atoms with Crippen molar-refractivity contribution in [2.24, 2.45) is 5.92 Å². The molecule has 1 heterocycles. The maximum Gasteiger partial charge on any atom is 0.445 e. The molecular formula is C22H17ClF3NO3. The second-order valence-electron chi connectivity index (χ2n) is 7.19. The lowest BCUT2D eigenvalue weighted by Crippen LogP contribution is -2.52. The number of carbonyl (C=O) groups is 1. The quantitative estimate of drug-likeness (QED) is 0.582. The van der Waals surface area contributed by atoms with Gasteiger partial charge >= 0.3 is 12.3 Å². The first kappa shape index (κ1) is 20.4. The Morgan fingerprint density at radius 2 is 1.93 bits per heavy atom. The van der Waals surface area contributed by atoms with Crippen molar-refractivity contribution >= 4 is 23.4 Å². The molecule has 2 aliphatic rings. The molecule has 1 fully saturated rings. The van der Waals surface area contributed by atoms with Crippen LogP contribution in [0, 0.1) is 17.8 Å². The summed E-state index contributed by atoms with van der Waals surface area (Å²) in [6.07, 6.45) is -4.58. The van der Waals surface area contributed by atoms with Crippen LogP contribution in [-0.4, -0.2) is 19.4 Å². The molecular weight excluding hydrogens is 419 g/mol. The fourth-order valence-corrected chi connectivity index (χ4v) is 3.41. The predicted octanol–water partition coefficient (Wildman–Crippen LogP) is 5.68. The number of ether oxygens (including phenoxy) is 2. The topological polar surface area (TPSA) is 38.8 Å². The fraction of sp³-hybridized carbons (Fsp3) is 0.318. The monoisotopic (exact) mass is 435 g/mol. The number of halogens is 4. The Labute approximate surface area is 176 Å². The van der Waals surface area contributed by atoms with Crippen LogP contribution in [0.3, 0.4) is 0 Å². The van der Waals surface area contributed by atoms with Crippen LogP contribution in [0.2, 0.25) is 5.02 Å². The molecule has 1 atom stereocenters. The van der Waals surface area contributed by atoms with Crippen LogP contribution in [-0.2, 0) is 16.9 Å². The third-order valence-electron chi connectivity index (χ3n) is 5.02. The van der Waals surface area contributed by atoms with Crippen LogP contribution in [0.4, 0.5) is 23.7 Å². The van der Waals surface area contributed by atoms with Crippen LogP contribution < -0.4 is 9.64 Å². The average molecular weight is 436 g/mol. The van der Waals surface area contributed by atoms with Crippen LogP contribution in [0.5, 0.6) is 5.75 Å². The molecule has 2 aromatic rings. The van der Waals surface area contributed by atoms with Gasteiger partial charge in [-0.25, -0.2) is 4.79 Å². The molecule has 2 aromatic carbocycles. The molecule has 0 saturated heterocycles. The zero-order valence-electron chi connectivity index (χ0n) is 15.9. The van der Waals surface area contributed by atoms with Gasteiger partial charge in [-0.1, -0.05) is 29.7 Å². The van der Waals surface area contributed by atoms with Crippen LogP contribution in [0.25, 0.3) is 0 Å². The number of hydrogen-bond donors (Lipinski definition) is 0. The highest BCUT2D eigenvalue weighted by atomic mass is 35.5. The maximum absolute atomic E-state index is 14.2. The number of hydrogen-bond acceptors (Lipinski definition) is 3. The van der Waals surface area contributed by atoms with E-state index in [0.29, 0.717) is 11.3 Å². The summed E-state index contributed by atoms with van der Waals surface area (Å²) in [5, 5.41) is 0.0953. The number of fused-ring (bicyclic) bond motifs is 1. The van der Waals surface area contributed by atoms with E-state index in [1.807, 2.05) is 0 Å². The molecule has 4 rings (SSSR count). The predicted molar refractivity (Wildman–Crippen MR) is 105 cm³/mol. The van der Waals surface area contributed by atoms with Gasteiger partial charge in [-0.2, -0.15) is 13.2 Å². The van der Waals surface area contributed by atoms with Gasteiger partial charge in [0.2, 0.25) is 0 Å². The minimum atomic E-state index is -4.93. The van der Waals surface area contributed by atoms with Gasteiger partial charge in [0.15, 0.2) is 0 Å². The van der Waals surface area contributed by atoms with Gasteiger partial charge in [0.05, 0.1) is 19.3 Å². The second-order valence-corrected chi connectivity index (χ2v) is 7.62. The lowest BCUT2D eigenvalue weighted by Gasteiger charge is -2.40. The Morgan fingerprint density at radius 3 is 2.53 bits per heavy atom. The van der Waals surface area contributed by atoms with Crippen molar-refractivity contribution in [2.45, 2.75) is 31.2 Å². The molecule has 0 spiro atoms. The number of carbonyl (C=O) groups excluding carboxylic acids is 1. The zero-order chi connectivity index (χ0) is 21.5. The van der Waals surface area contributed by atoms with E-state index in [9.17, 15) is 18.0 Å². The number of benzene rings is 2. The SMILES string of the molecule is COc1ccc(CN2C(=O)O[C@](C#CC3CC3)(C(F)(F)F)c3cc(Cl)ccc32)cc1. The minimum absolute atomic E-state index is 0.0153. The molecule has 8 heteroatoms. The number of anilines is 1. The summed E-state index contributed by atoms with van der Waals surface area (Å²) in [6, 6.07) is 10.8. The van der Waals surface area contributed by atoms with Crippen LogP contribution >= 0.6 is 11.6 Å². The highest BCUT2D eigenvalue weighted by molar-refractivity contribution is 6.30. The Morgan fingerprint density at radius 1 is 1.23 bits per heavy atom. The first-order chi connectivity index (χ1) is 14.2. The first-order valence-corrected chi connectivity index (χ1v) is 9.64. The molecule has 1 saturated carbocycles. The summed E-state index contributed by atoms with van der Waals surface area (Å²) in [5.74, 6) is 5.35. The van der Waals surface area contributed by atoms with Crippen LogP contribution in [0.15, 0.2) is 42.5 Å². The van der Waals surface area contributed by atoms with E-state index in [0.717, 1.165) is 17.7 Å². The molecule has 1 aliphatic heterocycles. The third kappa shape index (κ3) is 3.68. The van der Waals surface area contributed by atoms with Crippen molar-refractivity contribution in [3.63, 3.8) is 0 Å². The minimum Gasteiger partial charge on any atom is -0.497 e. The molecule has 0 radical (unpaired) electrons. The average Bonchev–Trinajstić information content (AvgIpc) is 3.53. The fourth-order valence-electron chi connectivity index (χ4n) is 3.23. The summed E-state index contributed by atoms with van der Waals surface area (Å²) in [7, 11) is 1.52. The summed E-state index contributed by atoms with van der Waals surface area (Å²) >= 11 is 6.02. The van der Waals surface area contributed by atoms with Crippen molar-refractivity contribution in [3.8, 4) is 17.6 Å². The lowest BCUT2D eigenvalue weighted by atomic mass is 9.89. The molecule has 0 unspecified atom stereocenters. The van der Waals surface area contributed by atoms with Gasteiger partial charge in [0.1, 0.15) is 5.75 Å². The van der Waals surface area contributed by atoms with Gasteiger partial charge in [0, 0.05) is 16.5 Å². The molecule has 156 valence electrons. The van der Waals surface area contributed by atoms with E-state index >= 15 is 0 Å². The van der Waals surface area contributed by atoms with Crippen molar-refractivity contribution in [1.29, 1.82) is 0 Å². The number of rotatable bonds is 3. The van der Waals surface area contributed by atoms with Crippen LogP contribution in [0.1, 0.15) is 24.0 Å². The number of nitrogens with zero attached hydrogens (tertiary/aromatic N) is 1. The Bertz CT molecular complexity index is 1040. The van der Waals surface area contributed by atoms with E-state index in [2.05, 4.69) is 11.8 Å². The summed E-state index contributed by atoms with van der Waals surface area (Å²) in [4.78, 5) is 13.9. The van der Waals surface area contributed by atoms with Gasteiger partial charge in [-0.3, -0.25) is 4.90 Å². The van der Waals surface area contributed by atoms with Crippen molar-refractivity contribution in [2.75, 3.05) is 12.0 Å². The van der Waals surface area contributed by atoms with Gasteiger partial charge in [-0.05, 0) is 54.7 Å². The lowest BCUT2D eigenvalue weighted by molar-refractivity contribution is -0.240. The molecule has 1 aliphatic carbocycles. The van der Waals surface area contributed by atoms with Crippen molar-refractivity contribution in [1.82, 2.24) is 0 Å². The number of amides is 1. The molecule has 4 nitrogen and oxygen atoms in total. The molecule has 0 aromatic heterocycles. The van der Waals surface area contributed by atoms with E-state index in [1.54, 1.807) is 24.3 Å². The number of cyclic esters (lactones) is 1. The van der Waals surface area contributed by atoms with E-state index < -0.39 is 17.9 Å². The Hall–Kier alpha value is -2.85. The van der Waals surface area contributed by atoms with Crippen molar-refractivity contribution in [3.05, 3.63) is 58.6 Å². The maximum atomic E-state index is 14.2. The molecule has 0 bridgehead atoms. The zero-order valence-corrected chi connectivity index (χ0v) is 16.7. The van der Waals surface area contributed by atoms with E-state index in [1.165, 1.54) is 25.3 Å². The molecule has 1 amide bonds. The summed E-state index contributed by atoms with van der Waals surface area (Å²) < 4.78 is 52.8. The Kier molecular flexibility index (Phi) is 5.07. The van der Waals surface area contributed by atoms with Crippen molar-refractivity contribution < 1.29 is 27.4 Å². The Balaban J connectivity index is 1.80. The molecule has 0 N–H and O–H groups in total. The highest BCUT2D eigenvalue weighted by Crippen LogP contribution is 2.50. The largest absolute Gasteiger partial charge is 0.497 e. The van der Waals surface area contributed by atoms with Gasteiger partial charge in [-0.15, -0.1) is 0 Å². The second kappa shape index (κ2) is 7.44. The highest BCUT2D eigenvalue weighted by Gasteiger charge is 2.63. The molecule has 30 heavy (non-hydrogen) atoms.